The van der Waals surface area contributed by atoms with Crippen LogP contribution in [-0.4, -0.2) is 29.7 Å². The Labute approximate surface area is 104 Å². The van der Waals surface area contributed by atoms with E-state index in [-0.39, 0.29) is 12.5 Å². The molecule has 0 spiro atoms. The molecule has 1 amide bonds. The number of nitrogens with one attached hydrogen (secondary N) is 1. The Bertz CT molecular complexity index is 238. The Morgan fingerprint density at radius 3 is 2.59 bits per heavy atom. The zero-order valence-electron chi connectivity index (χ0n) is 10.9. The van der Waals surface area contributed by atoms with E-state index in [1.165, 1.54) is 6.42 Å². The van der Waals surface area contributed by atoms with Gasteiger partial charge in [0.05, 0.1) is 5.54 Å². The second-order valence-electron chi connectivity index (χ2n) is 5.21. The third kappa shape index (κ3) is 4.28. The average molecular weight is 242 g/mol. The monoisotopic (exact) mass is 242 g/mol. The Hall–Kier alpha value is -0.610. The second-order valence-corrected chi connectivity index (χ2v) is 5.21. The van der Waals surface area contributed by atoms with Gasteiger partial charge < -0.3 is 16.2 Å². The third-order valence-electron chi connectivity index (χ3n) is 3.86. The number of rotatable bonds is 6. The first-order valence-corrected chi connectivity index (χ1v) is 6.80. The quantitative estimate of drug-likeness (QED) is 0.654. The molecule has 0 aromatic carbocycles. The molecule has 1 fully saturated rings. The minimum Gasteiger partial charge on any atom is -0.396 e. The predicted molar refractivity (Wildman–Crippen MR) is 68.5 cm³/mol. The normalized spacial score (nSPS) is 20.9. The molecule has 0 aromatic heterocycles. The molecule has 1 unspecified atom stereocenters. The molecular formula is C13H26N2O2. The average Bonchev–Trinajstić information content (AvgIpc) is 2.35. The van der Waals surface area contributed by atoms with Crippen LogP contribution < -0.4 is 11.1 Å². The standard InChI is InChI=1S/C13H26N2O2/c1-2-11(6-9-16)10-15-12(17)13(14)7-4-3-5-8-13/h11,16H,2-10,14H2,1H3,(H,15,17). The van der Waals surface area contributed by atoms with E-state index >= 15 is 0 Å². The van der Waals surface area contributed by atoms with Gasteiger partial charge in [0.25, 0.3) is 0 Å². The van der Waals surface area contributed by atoms with Crippen LogP contribution in [0.1, 0.15) is 51.9 Å². The van der Waals surface area contributed by atoms with Crippen molar-refractivity contribution in [2.75, 3.05) is 13.2 Å². The first kappa shape index (κ1) is 14.5. The summed E-state index contributed by atoms with van der Waals surface area (Å²) in [6, 6.07) is 0. The molecule has 1 aliphatic rings. The fourth-order valence-electron chi connectivity index (χ4n) is 2.46. The number of hydrogen-bond donors (Lipinski definition) is 3. The van der Waals surface area contributed by atoms with Gasteiger partial charge in [-0.3, -0.25) is 4.79 Å². The van der Waals surface area contributed by atoms with Crippen LogP contribution in [0.25, 0.3) is 0 Å². The largest absolute Gasteiger partial charge is 0.396 e. The summed E-state index contributed by atoms with van der Waals surface area (Å²) in [7, 11) is 0. The minimum absolute atomic E-state index is 0.00594. The second kappa shape index (κ2) is 6.97. The molecule has 0 heterocycles. The number of nitrogens with two attached hydrogens (primary N) is 1. The van der Waals surface area contributed by atoms with Gasteiger partial charge in [0, 0.05) is 13.2 Å². The predicted octanol–water partition coefficient (Wildman–Crippen LogP) is 1.17. The summed E-state index contributed by atoms with van der Waals surface area (Å²) < 4.78 is 0. The Kier molecular flexibility index (Phi) is 5.92. The Morgan fingerprint density at radius 1 is 1.41 bits per heavy atom. The molecule has 1 rings (SSSR count). The molecular weight excluding hydrogens is 216 g/mol. The fraction of sp³-hybridized carbons (Fsp3) is 0.923. The van der Waals surface area contributed by atoms with Crippen molar-refractivity contribution in [3.8, 4) is 0 Å². The summed E-state index contributed by atoms with van der Waals surface area (Å²) >= 11 is 0. The van der Waals surface area contributed by atoms with Gasteiger partial charge in [-0.25, -0.2) is 0 Å². The Morgan fingerprint density at radius 2 is 2.06 bits per heavy atom. The van der Waals surface area contributed by atoms with Crippen LogP contribution >= 0.6 is 0 Å². The number of carbonyl (C=O) groups is 1. The van der Waals surface area contributed by atoms with Crippen LogP contribution in [0.4, 0.5) is 0 Å². The first-order chi connectivity index (χ1) is 8.12. The Balaban J connectivity index is 2.37. The van der Waals surface area contributed by atoms with Crippen molar-refractivity contribution in [3.05, 3.63) is 0 Å². The lowest BCUT2D eigenvalue weighted by atomic mass is 9.82. The van der Waals surface area contributed by atoms with E-state index in [9.17, 15) is 4.79 Å². The number of aliphatic hydroxyl groups is 1. The molecule has 1 aliphatic carbocycles. The van der Waals surface area contributed by atoms with E-state index in [1.807, 2.05) is 0 Å². The first-order valence-electron chi connectivity index (χ1n) is 6.80. The van der Waals surface area contributed by atoms with E-state index < -0.39 is 5.54 Å². The van der Waals surface area contributed by atoms with Crippen LogP contribution in [0.15, 0.2) is 0 Å². The van der Waals surface area contributed by atoms with E-state index in [1.54, 1.807) is 0 Å². The minimum atomic E-state index is -0.643. The van der Waals surface area contributed by atoms with Gasteiger partial charge in [-0.2, -0.15) is 0 Å². The molecule has 0 aromatic rings. The van der Waals surface area contributed by atoms with Crippen molar-refractivity contribution in [1.29, 1.82) is 0 Å². The van der Waals surface area contributed by atoms with Gasteiger partial charge >= 0.3 is 0 Å². The van der Waals surface area contributed by atoms with E-state index in [0.717, 1.165) is 38.5 Å². The molecule has 100 valence electrons. The molecule has 1 atom stereocenters. The van der Waals surface area contributed by atoms with Crippen molar-refractivity contribution in [3.63, 3.8) is 0 Å². The van der Waals surface area contributed by atoms with Gasteiger partial charge in [-0.15, -0.1) is 0 Å². The summed E-state index contributed by atoms with van der Waals surface area (Å²) in [5.74, 6) is 0.352. The molecule has 4 N–H and O–H groups in total. The number of carbonyl (C=O) groups excluding carboxylic acids is 1. The van der Waals surface area contributed by atoms with Crippen molar-refractivity contribution in [2.24, 2.45) is 11.7 Å². The summed E-state index contributed by atoms with van der Waals surface area (Å²) in [6.07, 6.45) is 6.61. The topological polar surface area (TPSA) is 75.3 Å². The van der Waals surface area contributed by atoms with Gasteiger partial charge in [0.1, 0.15) is 0 Å². The molecule has 0 aliphatic heterocycles. The summed E-state index contributed by atoms with van der Waals surface area (Å²) in [6.45, 7) is 2.89. The number of amides is 1. The maximum Gasteiger partial charge on any atom is 0.240 e. The van der Waals surface area contributed by atoms with Crippen LogP contribution in [-0.2, 0) is 4.79 Å². The van der Waals surface area contributed by atoms with Crippen molar-refractivity contribution < 1.29 is 9.90 Å². The highest BCUT2D eigenvalue weighted by Gasteiger charge is 2.35. The van der Waals surface area contributed by atoms with E-state index in [0.29, 0.717) is 12.5 Å². The molecule has 4 nitrogen and oxygen atoms in total. The maximum absolute atomic E-state index is 12.0. The maximum atomic E-state index is 12.0. The zero-order valence-corrected chi connectivity index (χ0v) is 10.9. The molecule has 17 heavy (non-hydrogen) atoms. The highest BCUT2D eigenvalue weighted by Crippen LogP contribution is 2.26. The third-order valence-corrected chi connectivity index (χ3v) is 3.86. The van der Waals surface area contributed by atoms with E-state index in [4.69, 9.17) is 10.8 Å². The SMILES string of the molecule is CCC(CCO)CNC(=O)C1(N)CCCCC1. The van der Waals surface area contributed by atoms with Gasteiger partial charge in [-0.1, -0.05) is 32.6 Å². The highest BCUT2D eigenvalue weighted by atomic mass is 16.3. The van der Waals surface area contributed by atoms with Crippen LogP contribution in [0.3, 0.4) is 0 Å². The number of aliphatic hydroxyl groups excluding tert-OH is 1. The lowest BCUT2D eigenvalue weighted by molar-refractivity contribution is -0.127. The summed E-state index contributed by atoms with van der Waals surface area (Å²) in [4.78, 5) is 12.0. The molecule has 1 saturated carbocycles. The van der Waals surface area contributed by atoms with Crippen molar-refractivity contribution >= 4 is 5.91 Å². The lowest BCUT2D eigenvalue weighted by Crippen LogP contribution is -2.55. The fourth-order valence-corrected chi connectivity index (χ4v) is 2.46. The zero-order chi connectivity index (χ0) is 12.7. The molecule has 4 heteroatoms. The van der Waals surface area contributed by atoms with Gasteiger partial charge in [0.15, 0.2) is 0 Å². The lowest BCUT2D eigenvalue weighted by Gasteiger charge is -2.32. The van der Waals surface area contributed by atoms with Crippen LogP contribution in [0.2, 0.25) is 0 Å². The van der Waals surface area contributed by atoms with Gasteiger partial charge in [-0.05, 0) is 25.2 Å². The van der Waals surface area contributed by atoms with E-state index in [2.05, 4.69) is 12.2 Å². The van der Waals surface area contributed by atoms with Crippen LogP contribution in [0.5, 0.6) is 0 Å². The molecule has 0 radical (unpaired) electrons. The van der Waals surface area contributed by atoms with Crippen molar-refractivity contribution in [1.82, 2.24) is 5.32 Å². The number of hydrogen-bond acceptors (Lipinski definition) is 3. The molecule has 0 saturated heterocycles. The summed E-state index contributed by atoms with van der Waals surface area (Å²) in [5, 5.41) is 11.8. The van der Waals surface area contributed by atoms with Gasteiger partial charge in [0.2, 0.25) is 5.91 Å². The smallest absolute Gasteiger partial charge is 0.240 e. The van der Waals surface area contributed by atoms with Crippen molar-refractivity contribution in [2.45, 2.75) is 57.4 Å². The van der Waals surface area contributed by atoms with Crippen LogP contribution in [0, 0.1) is 5.92 Å². The summed E-state index contributed by atoms with van der Waals surface area (Å²) in [5.41, 5.74) is 5.50. The highest BCUT2D eigenvalue weighted by molar-refractivity contribution is 5.86. The molecule has 0 bridgehead atoms.